The summed E-state index contributed by atoms with van der Waals surface area (Å²) < 4.78 is 6.37. The number of carbonyl (C=O) groups excluding carboxylic acids is 1. The van der Waals surface area contributed by atoms with Gasteiger partial charge in [-0.15, -0.1) is 11.3 Å². The molecule has 2 rings (SSSR count). The van der Waals surface area contributed by atoms with Crippen molar-refractivity contribution >= 4 is 27.5 Å². The molecule has 0 saturated carbocycles. The first-order valence-corrected chi connectivity index (χ1v) is 7.28. The van der Waals surface area contributed by atoms with E-state index in [0.717, 1.165) is 11.3 Å². The number of fused-ring (bicyclic) bond motifs is 1. The van der Waals surface area contributed by atoms with Crippen molar-refractivity contribution in [3.63, 3.8) is 0 Å². The van der Waals surface area contributed by atoms with Crippen LogP contribution >= 0.6 is 11.3 Å². The highest BCUT2D eigenvalue weighted by Gasteiger charge is 2.07. The Hall–Kier alpha value is -1.73. The molecule has 0 saturated heterocycles. The number of nitrogens with one attached hydrogen (secondary N) is 1. The van der Waals surface area contributed by atoms with Gasteiger partial charge in [0.15, 0.2) is 0 Å². The predicted octanol–water partition coefficient (Wildman–Crippen LogP) is 1.00. The summed E-state index contributed by atoms with van der Waals surface area (Å²) in [5, 5.41) is 5.24. The molecule has 1 amide bonds. The van der Waals surface area contributed by atoms with Crippen LogP contribution in [0.4, 0.5) is 0 Å². The molecule has 108 valence electrons. The van der Waals surface area contributed by atoms with Crippen LogP contribution < -0.4 is 10.9 Å². The highest BCUT2D eigenvalue weighted by atomic mass is 32.1. The van der Waals surface area contributed by atoms with E-state index in [1.807, 2.05) is 5.38 Å². The fourth-order valence-electron chi connectivity index (χ4n) is 1.81. The largest absolute Gasteiger partial charge is 0.385 e. The van der Waals surface area contributed by atoms with Gasteiger partial charge in [-0.3, -0.25) is 14.2 Å². The maximum absolute atomic E-state index is 12.1. The SMILES string of the molecule is COCCCNC(=O)CCn1cnc2sccc2c1=O. The normalized spacial score (nSPS) is 10.8. The molecule has 2 aromatic heterocycles. The lowest BCUT2D eigenvalue weighted by atomic mass is 10.3. The highest BCUT2D eigenvalue weighted by molar-refractivity contribution is 7.16. The zero-order valence-corrected chi connectivity index (χ0v) is 12.1. The lowest BCUT2D eigenvalue weighted by molar-refractivity contribution is -0.121. The lowest BCUT2D eigenvalue weighted by Crippen LogP contribution is -2.28. The Labute approximate surface area is 120 Å². The van der Waals surface area contributed by atoms with Gasteiger partial charge in [-0.25, -0.2) is 4.98 Å². The van der Waals surface area contributed by atoms with Crippen LogP contribution in [0.15, 0.2) is 22.6 Å². The van der Waals surface area contributed by atoms with E-state index in [4.69, 9.17) is 4.74 Å². The minimum absolute atomic E-state index is 0.0709. The molecule has 0 radical (unpaired) electrons. The molecule has 2 heterocycles. The van der Waals surface area contributed by atoms with Gasteiger partial charge in [0, 0.05) is 33.2 Å². The molecule has 0 aliphatic carbocycles. The molecule has 6 nitrogen and oxygen atoms in total. The third-order valence-electron chi connectivity index (χ3n) is 2.88. The second-order valence-electron chi connectivity index (χ2n) is 4.33. The number of methoxy groups -OCH3 is 1. The summed E-state index contributed by atoms with van der Waals surface area (Å²) in [7, 11) is 1.63. The maximum atomic E-state index is 12.1. The highest BCUT2D eigenvalue weighted by Crippen LogP contribution is 2.13. The zero-order valence-electron chi connectivity index (χ0n) is 11.3. The van der Waals surface area contributed by atoms with Crippen molar-refractivity contribution in [2.45, 2.75) is 19.4 Å². The van der Waals surface area contributed by atoms with E-state index in [1.165, 1.54) is 22.2 Å². The average molecular weight is 295 g/mol. The smallest absolute Gasteiger partial charge is 0.262 e. The van der Waals surface area contributed by atoms with Crippen molar-refractivity contribution in [2.24, 2.45) is 0 Å². The van der Waals surface area contributed by atoms with Crippen LogP contribution in [0.1, 0.15) is 12.8 Å². The molecule has 0 aromatic carbocycles. The predicted molar refractivity (Wildman–Crippen MR) is 78.0 cm³/mol. The van der Waals surface area contributed by atoms with Crippen LogP contribution in [0, 0.1) is 0 Å². The summed E-state index contributed by atoms with van der Waals surface area (Å²) in [5.74, 6) is -0.0709. The summed E-state index contributed by atoms with van der Waals surface area (Å²) >= 11 is 1.43. The van der Waals surface area contributed by atoms with Gasteiger partial charge in [-0.05, 0) is 17.9 Å². The molecule has 0 aliphatic heterocycles. The molecule has 2 aromatic rings. The summed E-state index contributed by atoms with van der Waals surface area (Å²) in [6.45, 7) is 1.55. The minimum Gasteiger partial charge on any atom is -0.385 e. The van der Waals surface area contributed by atoms with Gasteiger partial charge in [0.25, 0.3) is 5.56 Å². The van der Waals surface area contributed by atoms with Crippen LogP contribution in [0.25, 0.3) is 10.2 Å². The Balaban J connectivity index is 1.87. The first-order chi connectivity index (χ1) is 9.72. The quantitative estimate of drug-likeness (QED) is 0.773. The van der Waals surface area contributed by atoms with E-state index < -0.39 is 0 Å². The average Bonchev–Trinajstić information content (AvgIpc) is 2.92. The van der Waals surface area contributed by atoms with Gasteiger partial charge in [0.2, 0.25) is 5.91 Å². The van der Waals surface area contributed by atoms with Crippen LogP contribution in [-0.2, 0) is 16.1 Å². The van der Waals surface area contributed by atoms with Crippen LogP contribution in [0.2, 0.25) is 0 Å². The van der Waals surface area contributed by atoms with E-state index in [9.17, 15) is 9.59 Å². The third kappa shape index (κ3) is 3.64. The van der Waals surface area contributed by atoms with Gasteiger partial charge >= 0.3 is 0 Å². The molecule has 0 fully saturated rings. The van der Waals surface area contributed by atoms with Crippen molar-refractivity contribution < 1.29 is 9.53 Å². The topological polar surface area (TPSA) is 73.2 Å². The fourth-order valence-corrected chi connectivity index (χ4v) is 2.53. The third-order valence-corrected chi connectivity index (χ3v) is 3.70. The second-order valence-corrected chi connectivity index (χ2v) is 5.22. The molecular formula is C13H17N3O3S. The number of rotatable bonds is 7. The van der Waals surface area contributed by atoms with Gasteiger partial charge < -0.3 is 10.1 Å². The van der Waals surface area contributed by atoms with Crippen molar-refractivity contribution in [1.29, 1.82) is 0 Å². The van der Waals surface area contributed by atoms with E-state index in [-0.39, 0.29) is 17.9 Å². The summed E-state index contributed by atoms with van der Waals surface area (Å²) in [5.41, 5.74) is -0.0940. The molecule has 7 heteroatoms. The zero-order chi connectivity index (χ0) is 14.4. The summed E-state index contributed by atoms with van der Waals surface area (Å²) in [6.07, 6.45) is 2.55. The van der Waals surface area contributed by atoms with Crippen molar-refractivity contribution in [1.82, 2.24) is 14.9 Å². The lowest BCUT2D eigenvalue weighted by Gasteiger charge is -2.06. The van der Waals surface area contributed by atoms with E-state index in [0.29, 0.717) is 25.1 Å². The van der Waals surface area contributed by atoms with E-state index >= 15 is 0 Å². The number of hydrogen-bond donors (Lipinski definition) is 1. The number of hydrogen-bond acceptors (Lipinski definition) is 5. The number of nitrogens with zero attached hydrogens (tertiary/aromatic N) is 2. The molecule has 20 heavy (non-hydrogen) atoms. The molecule has 0 aliphatic rings. The first kappa shape index (κ1) is 14.7. The monoisotopic (exact) mass is 295 g/mol. The molecule has 0 bridgehead atoms. The summed E-state index contributed by atoms with van der Waals surface area (Å²) in [4.78, 5) is 28.6. The van der Waals surface area contributed by atoms with Crippen LogP contribution in [0.3, 0.4) is 0 Å². The standard InChI is InChI=1S/C13H17N3O3S/c1-19-7-2-5-14-11(17)3-6-16-9-15-12-10(13(16)18)4-8-20-12/h4,8-9H,2-3,5-7H2,1H3,(H,14,17). The van der Waals surface area contributed by atoms with Gasteiger partial charge in [-0.2, -0.15) is 0 Å². The maximum Gasteiger partial charge on any atom is 0.262 e. The Morgan fingerprint density at radius 2 is 2.40 bits per heavy atom. The van der Waals surface area contributed by atoms with Crippen molar-refractivity contribution in [3.8, 4) is 0 Å². The minimum atomic E-state index is -0.0940. The van der Waals surface area contributed by atoms with Crippen molar-refractivity contribution in [3.05, 3.63) is 28.1 Å². The van der Waals surface area contributed by atoms with Gasteiger partial charge in [0.05, 0.1) is 11.7 Å². The fraction of sp³-hybridized carbons (Fsp3) is 0.462. The Morgan fingerprint density at radius 1 is 1.55 bits per heavy atom. The molecule has 0 spiro atoms. The van der Waals surface area contributed by atoms with Gasteiger partial charge in [-0.1, -0.05) is 0 Å². The number of carbonyl (C=O) groups is 1. The first-order valence-electron chi connectivity index (χ1n) is 6.40. The van der Waals surface area contributed by atoms with Gasteiger partial charge in [0.1, 0.15) is 4.83 Å². The Bertz CT molecular complexity index is 635. The van der Waals surface area contributed by atoms with Crippen molar-refractivity contribution in [2.75, 3.05) is 20.3 Å². The molecular weight excluding hydrogens is 278 g/mol. The number of thiophene rings is 1. The number of ether oxygens (including phenoxy) is 1. The van der Waals surface area contributed by atoms with E-state index in [2.05, 4.69) is 10.3 Å². The van der Waals surface area contributed by atoms with Crippen LogP contribution in [-0.4, -0.2) is 35.7 Å². The number of aromatic nitrogens is 2. The Morgan fingerprint density at radius 3 is 3.20 bits per heavy atom. The Kier molecular flexibility index (Phi) is 5.25. The molecule has 0 atom stereocenters. The van der Waals surface area contributed by atoms with Crippen LogP contribution in [0.5, 0.6) is 0 Å². The number of amides is 1. The molecule has 1 N–H and O–H groups in total. The summed E-state index contributed by atoms with van der Waals surface area (Å²) in [6, 6.07) is 1.76. The molecule has 0 unspecified atom stereocenters. The van der Waals surface area contributed by atoms with E-state index in [1.54, 1.807) is 13.2 Å². The number of aryl methyl sites for hydroxylation is 1. The second kappa shape index (κ2) is 7.16.